The number of rotatable bonds is 6. The molecule has 2 atom stereocenters. The summed E-state index contributed by atoms with van der Waals surface area (Å²) >= 11 is 0. The van der Waals surface area contributed by atoms with Crippen molar-refractivity contribution in [2.45, 2.75) is 38.4 Å². The Hall–Kier alpha value is -3.52. The summed E-state index contributed by atoms with van der Waals surface area (Å²) in [4.78, 5) is 36.7. The van der Waals surface area contributed by atoms with E-state index in [9.17, 15) is 9.59 Å². The highest BCUT2D eigenvalue weighted by atomic mass is 16.5. The van der Waals surface area contributed by atoms with Crippen LogP contribution in [0, 0.1) is 0 Å². The van der Waals surface area contributed by atoms with Gasteiger partial charge in [-0.2, -0.15) is 0 Å². The molecule has 2 amide bonds. The summed E-state index contributed by atoms with van der Waals surface area (Å²) < 4.78 is 5.58. The number of pyridine rings is 2. The molecule has 0 radical (unpaired) electrons. The second-order valence-electron chi connectivity index (χ2n) is 7.84. The van der Waals surface area contributed by atoms with Crippen molar-refractivity contribution in [2.75, 3.05) is 19.1 Å². The van der Waals surface area contributed by atoms with Crippen LogP contribution in [-0.2, 0) is 22.6 Å². The summed E-state index contributed by atoms with van der Waals surface area (Å²) in [6.07, 6.45) is 4.54. The highest BCUT2D eigenvalue weighted by molar-refractivity contribution is 6.01. The number of likely N-dealkylation sites (N-methyl/N-ethyl adjacent to an activating group) is 1. The molecule has 3 aromatic rings. The summed E-state index contributed by atoms with van der Waals surface area (Å²) in [5.74, 6) is 0.236. The van der Waals surface area contributed by atoms with E-state index < -0.39 is 12.1 Å². The van der Waals surface area contributed by atoms with Crippen LogP contribution in [0.4, 0.5) is 5.69 Å². The second kappa shape index (κ2) is 9.32. The maximum atomic E-state index is 13.7. The number of methoxy groups -OCH3 is 1. The average Bonchev–Trinajstić information content (AvgIpc) is 2.95. The lowest BCUT2D eigenvalue weighted by Gasteiger charge is -2.28. The predicted molar refractivity (Wildman–Crippen MR) is 122 cm³/mol. The topological polar surface area (TPSA) is 96.5 Å². The molecule has 1 aromatic carbocycles. The van der Waals surface area contributed by atoms with E-state index in [0.717, 1.165) is 22.2 Å². The molecule has 2 N–H and O–H groups in total. The molecule has 0 bridgehead atoms. The van der Waals surface area contributed by atoms with Crippen molar-refractivity contribution in [1.82, 2.24) is 20.6 Å². The fourth-order valence-corrected chi connectivity index (χ4v) is 4.00. The van der Waals surface area contributed by atoms with Crippen molar-refractivity contribution < 1.29 is 14.3 Å². The fourth-order valence-electron chi connectivity index (χ4n) is 4.00. The van der Waals surface area contributed by atoms with Gasteiger partial charge in [0.15, 0.2) is 5.65 Å². The van der Waals surface area contributed by atoms with Crippen LogP contribution in [0.25, 0.3) is 11.0 Å². The molecule has 0 aliphatic carbocycles. The molecule has 0 spiro atoms. The number of hydrogen-bond donors (Lipinski definition) is 2. The van der Waals surface area contributed by atoms with Crippen molar-refractivity contribution in [1.29, 1.82) is 0 Å². The summed E-state index contributed by atoms with van der Waals surface area (Å²) in [6.45, 7) is 2.04. The van der Waals surface area contributed by atoms with Crippen LogP contribution in [0.15, 0.2) is 48.8 Å². The lowest BCUT2D eigenvalue weighted by atomic mass is 10.1. The summed E-state index contributed by atoms with van der Waals surface area (Å²) in [5, 5.41) is 6.67. The van der Waals surface area contributed by atoms with Gasteiger partial charge in [-0.05, 0) is 50.6 Å². The van der Waals surface area contributed by atoms with Crippen LogP contribution in [0.2, 0.25) is 0 Å². The maximum absolute atomic E-state index is 13.7. The van der Waals surface area contributed by atoms with Gasteiger partial charge >= 0.3 is 0 Å². The van der Waals surface area contributed by atoms with Crippen LogP contribution in [0.3, 0.4) is 0 Å². The number of aryl methyl sites for hydroxylation is 1. The van der Waals surface area contributed by atoms with E-state index in [-0.39, 0.29) is 18.4 Å². The monoisotopic (exact) mass is 433 g/mol. The highest BCUT2D eigenvalue weighted by Crippen LogP contribution is 2.32. The number of anilines is 1. The summed E-state index contributed by atoms with van der Waals surface area (Å²) in [5.41, 5.74) is 3.32. The number of amides is 2. The number of fused-ring (bicyclic) bond motifs is 2. The standard InChI is InChI=1S/C24H27N5O3/c1-15(25-2)23(30)28-19-11-10-16-7-4-5-9-20(16)29(24(19)31)14-18-17-8-6-12-26-22(17)27-13-21(18)32-3/h4-9,12-13,15,19,25H,10-11,14H2,1-3H3,(H,28,30)/t15-,19-/m0/s1. The normalized spacial score (nSPS) is 16.9. The third kappa shape index (κ3) is 4.13. The van der Waals surface area contributed by atoms with Crippen molar-refractivity contribution in [3.63, 3.8) is 0 Å². The first kappa shape index (κ1) is 21.7. The Kier molecular flexibility index (Phi) is 6.32. The molecule has 3 heterocycles. The number of hydrogen-bond acceptors (Lipinski definition) is 6. The average molecular weight is 434 g/mol. The van der Waals surface area contributed by atoms with Gasteiger partial charge in [-0.15, -0.1) is 0 Å². The van der Waals surface area contributed by atoms with Crippen LogP contribution >= 0.6 is 0 Å². The van der Waals surface area contributed by atoms with Crippen LogP contribution in [0.5, 0.6) is 5.75 Å². The first-order valence-electron chi connectivity index (χ1n) is 10.7. The van der Waals surface area contributed by atoms with E-state index in [2.05, 4.69) is 20.6 Å². The minimum atomic E-state index is -0.622. The molecule has 0 fully saturated rings. The Morgan fingerprint density at radius 1 is 1.25 bits per heavy atom. The molecule has 2 aromatic heterocycles. The molecule has 1 aliphatic rings. The largest absolute Gasteiger partial charge is 0.495 e. The molecule has 4 rings (SSSR count). The van der Waals surface area contributed by atoms with Gasteiger partial charge in [-0.3, -0.25) is 9.59 Å². The highest BCUT2D eigenvalue weighted by Gasteiger charge is 2.33. The lowest BCUT2D eigenvalue weighted by Crippen LogP contribution is -2.52. The van der Waals surface area contributed by atoms with Crippen molar-refractivity contribution in [3.05, 3.63) is 59.9 Å². The number of para-hydroxylation sites is 1. The fraction of sp³-hybridized carbons (Fsp3) is 0.333. The minimum Gasteiger partial charge on any atom is -0.495 e. The third-order valence-corrected chi connectivity index (χ3v) is 5.94. The lowest BCUT2D eigenvalue weighted by molar-refractivity contribution is -0.128. The Bertz CT molecular complexity index is 1150. The third-order valence-electron chi connectivity index (χ3n) is 5.94. The number of aromatic nitrogens is 2. The molecule has 8 heteroatoms. The number of carbonyl (C=O) groups is 2. The first-order chi connectivity index (χ1) is 15.5. The zero-order valence-electron chi connectivity index (χ0n) is 18.5. The van der Waals surface area contributed by atoms with Gasteiger partial charge in [0.25, 0.3) is 0 Å². The van der Waals surface area contributed by atoms with Gasteiger partial charge in [-0.25, -0.2) is 9.97 Å². The van der Waals surface area contributed by atoms with E-state index >= 15 is 0 Å². The predicted octanol–water partition coefficient (Wildman–Crippen LogP) is 2.21. The quantitative estimate of drug-likeness (QED) is 0.619. The van der Waals surface area contributed by atoms with E-state index in [1.807, 2.05) is 36.4 Å². The molecule has 1 aliphatic heterocycles. The molecule has 0 saturated carbocycles. The number of ether oxygens (including phenoxy) is 1. The van der Waals surface area contributed by atoms with Crippen molar-refractivity contribution >= 4 is 28.5 Å². The van der Waals surface area contributed by atoms with Gasteiger partial charge in [0.2, 0.25) is 11.8 Å². The Morgan fingerprint density at radius 3 is 2.84 bits per heavy atom. The molecule has 32 heavy (non-hydrogen) atoms. The SMILES string of the molecule is CN[C@@H](C)C(=O)N[C@H]1CCc2ccccc2N(Cc2c(OC)cnc3ncccc23)C1=O. The van der Waals surface area contributed by atoms with Crippen molar-refractivity contribution in [2.24, 2.45) is 0 Å². The Labute approximate surface area is 187 Å². The Morgan fingerprint density at radius 2 is 2.06 bits per heavy atom. The smallest absolute Gasteiger partial charge is 0.249 e. The van der Waals surface area contributed by atoms with E-state index in [1.54, 1.807) is 38.4 Å². The number of benzene rings is 1. The van der Waals surface area contributed by atoms with Gasteiger partial charge in [-0.1, -0.05) is 18.2 Å². The van der Waals surface area contributed by atoms with Gasteiger partial charge in [0.05, 0.1) is 25.9 Å². The van der Waals surface area contributed by atoms with E-state index in [4.69, 9.17) is 4.74 Å². The van der Waals surface area contributed by atoms with Crippen LogP contribution in [-0.4, -0.2) is 48.0 Å². The van der Waals surface area contributed by atoms with Crippen LogP contribution < -0.4 is 20.3 Å². The van der Waals surface area contributed by atoms with Crippen LogP contribution in [0.1, 0.15) is 24.5 Å². The maximum Gasteiger partial charge on any atom is 0.249 e. The van der Waals surface area contributed by atoms with Gasteiger partial charge in [0.1, 0.15) is 11.8 Å². The minimum absolute atomic E-state index is 0.150. The molecule has 8 nitrogen and oxygen atoms in total. The zero-order chi connectivity index (χ0) is 22.7. The second-order valence-corrected chi connectivity index (χ2v) is 7.84. The molecular weight excluding hydrogens is 406 g/mol. The Balaban J connectivity index is 1.76. The van der Waals surface area contributed by atoms with E-state index in [1.165, 1.54) is 0 Å². The van der Waals surface area contributed by atoms with E-state index in [0.29, 0.717) is 24.2 Å². The van der Waals surface area contributed by atoms with Gasteiger partial charge in [0, 0.05) is 22.8 Å². The number of nitrogens with zero attached hydrogens (tertiary/aromatic N) is 3. The summed E-state index contributed by atoms with van der Waals surface area (Å²) in [7, 11) is 3.30. The number of nitrogens with one attached hydrogen (secondary N) is 2. The first-order valence-corrected chi connectivity index (χ1v) is 10.7. The molecular formula is C24H27N5O3. The summed E-state index contributed by atoms with van der Waals surface area (Å²) in [6, 6.07) is 10.6. The molecule has 0 unspecified atom stereocenters. The van der Waals surface area contributed by atoms with Gasteiger partial charge < -0.3 is 20.3 Å². The van der Waals surface area contributed by atoms with Crippen molar-refractivity contribution in [3.8, 4) is 5.75 Å². The molecule has 0 saturated heterocycles. The number of carbonyl (C=O) groups excluding carboxylic acids is 2. The molecule has 166 valence electrons. The zero-order valence-corrected chi connectivity index (χ0v) is 18.5.